The first-order valence-electron chi connectivity index (χ1n) is 5.14. The van der Waals surface area contributed by atoms with Crippen LogP contribution in [0.15, 0.2) is 17.0 Å². The van der Waals surface area contributed by atoms with Gasteiger partial charge < -0.3 is 0 Å². The molecule has 0 saturated carbocycles. The van der Waals surface area contributed by atoms with Crippen LogP contribution in [0.2, 0.25) is 0 Å². The zero-order valence-electron chi connectivity index (χ0n) is 10.0. The predicted molar refractivity (Wildman–Crippen MR) is 60.1 cm³/mol. The van der Waals surface area contributed by atoms with Crippen molar-refractivity contribution < 1.29 is 26.1 Å². The Bertz CT molecular complexity index is 560. The van der Waals surface area contributed by atoms with Crippen molar-refractivity contribution in [1.29, 1.82) is 0 Å². The second-order valence-electron chi connectivity index (χ2n) is 4.33. The number of hydrogen-bond donors (Lipinski definition) is 1. The second kappa shape index (κ2) is 4.55. The SMILES string of the molecule is Cc1cc(S(=O)(=O)O)cc(C(F)(F)F)c1C(C)C. The van der Waals surface area contributed by atoms with Gasteiger partial charge in [0.05, 0.1) is 10.5 Å². The van der Waals surface area contributed by atoms with Gasteiger partial charge in [0.15, 0.2) is 0 Å². The minimum atomic E-state index is -4.66. The highest BCUT2D eigenvalue weighted by molar-refractivity contribution is 7.85. The predicted octanol–water partition coefficient (Wildman–Crippen LogP) is 3.38. The molecule has 0 heterocycles. The summed E-state index contributed by atoms with van der Waals surface area (Å²) in [6, 6.07) is 1.51. The highest BCUT2D eigenvalue weighted by atomic mass is 32.2. The van der Waals surface area contributed by atoms with Gasteiger partial charge >= 0.3 is 6.18 Å². The zero-order valence-corrected chi connectivity index (χ0v) is 10.9. The van der Waals surface area contributed by atoms with Crippen LogP contribution in [-0.2, 0) is 16.3 Å². The van der Waals surface area contributed by atoms with Gasteiger partial charge in [-0.2, -0.15) is 21.6 Å². The Morgan fingerprint density at radius 2 is 1.72 bits per heavy atom. The maximum Gasteiger partial charge on any atom is 0.416 e. The molecule has 7 heteroatoms. The quantitative estimate of drug-likeness (QED) is 0.846. The molecule has 0 aliphatic rings. The molecule has 1 rings (SSSR count). The van der Waals surface area contributed by atoms with E-state index in [-0.39, 0.29) is 11.1 Å². The molecule has 0 radical (unpaired) electrons. The fourth-order valence-electron chi connectivity index (χ4n) is 1.92. The van der Waals surface area contributed by atoms with E-state index in [4.69, 9.17) is 4.55 Å². The molecule has 1 aromatic rings. The van der Waals surface area contributed by atoms with Crippen molar-refractivity contribution in [2.75, 3.05) is 0 Å². The lowest BCUT2D eigenvalue weighted by Crippen LogP contribution is -2.14. The van der Waals surface area contributed by atoms with Crippen LogP contribution >= 0.6 is 0 Å². The van der Waals surface area contributed by atoms with Crippen LogP contribution in [0, 0.1) is 6.92 Å². The van der Waals surface area contributed by atoms with E-state index >= 15 is 0 Å². The average molecular weight is 282 g/mol. The van der Waals surface area contributed by atoms with Gasteiger partial charge in [0.25, 0.3) is 10.1 Å². The third-order valence-electron chi connectivity index (χ3n) is 2.54. The van der Waals surface area contributed by atoms with Crippen LogP contribution in [0.3, 0.4) is 0 Å². The minimum Gasteiger partial charge on any atom is -0.282 e. The molecule has 0 fully saturated rings. The molecule has 0 saturated heterocycles. The van der Waals surface area contributed by atoms with Crippen molar-refractivity contribution in [3.8, 4) is 0 Å². The van der Waals surface area contributed by atoms with E-state index in [1.54, 1.807) is 13.8 Å². The topological polar surface area (TPSA) is 54.4 Å². The van der Waals surface area contributed by atoms with E-state index in [9.17, 15) is 21.6 Å². The summed E-state index contributed by atoms with van der Waals surface area (Å²) in [7, 11) is -4.65. The van der Waals surface area contributed by atoms with Crippen molar-refractivity contribution >= 4 is 10.1 Å². The maximum absolute atomic E-state index is 12.9. The molecular formula is C11H13F3O3S. The van der Waals surface area contributed by atoms with E-state index in [0.717, 1.165) is 6.07 Å². The molecule has 1 aromatic carbocycles. The largest absolute Gasteiger partial charge is 0.416 e. The fraction of sp³-hybridized carbons (Fsp3) is 0.455. The van der Waals surface area contributed by atoms with Gasteiger partial charge in [0.2, 0.25) is 0 Å². The van der Waals surface area contributed by atoms with Crippen LogP contribution in [0.5, 0.6) is 0 Å². The molecule has 102 valence electrons. The lowest BCUT2D eigenvalue weighted by molar-refractivity contribution is -0.138. The summed E-state index contributed by atoms with van der Waals surface area (Å²) in [5.74, 6) is -0.405. The summed E-state index contributed by atoms with van der Waals surface area (Å²) < 4.78 is 69.3. The molecule has 1 N–H and O–H groups in total. The van der Waals surface area contributed by atoms with E-state index in [2.05, 4.69) is 0 Å². The Kier molecular flexibility index (Phi) is 3.78. The number of hydrogen-bond acceptors (Lipinski definition) is 2. The molecule has 0 aliphatic heterocycles. The average Bonchev–Trinajstić information content (AvgIpc) is 2.12. The third kappa shape index (κ3) is 3.02. The molecule has 0 spiro atoms. The molecule has 3 nitrogen and oxygen atoms in total. The number of halogens is 3. The van der Waals surface area contributed by atoms with Gasteiger partial charge in [0, 0.05) is 0 Å². The summed E-state index contributed by atoms with van der Waals surface area (Å²) in [5.41, 5.74) is -0.799. The Morgan fingerprint density at radius 1 is 1.22 bits per heavy atom. The number of rotatable bonds is 2. The van der Waals surface area contributed by atoms with Crippen molar-refractivity contribution in [3.63, 3.8) is 0 Å². The first-order chi connectivity index (χ1) is 7.94. The number of aryl methyl sites for hydroxylation is 1. The van der Waals surface area contributed by atoms with Crippen molar-refractivity contribution in [2.45, 2.75) is 37.8 Å². The normalized spacial score (nSPS) is 13.1. The lowest BCUT2D eigenvalue weighted by Gasteiger charge is -2.19. The van der Waals surface area contributed by atoms with Crippen molar-refractivity contribution in [2.24, 2.45) is 0 Å². The van der Waals surface area contributed by atoms with E-state index in [1.165, 1.54) is 6.92 Å². The Labute approximate surface area is 103 Å². The zero-order chi connectivity index (χ0) is 14.3. The maximum atomic E-state index is 12.9. The summed E-state index contributed by atoms with van der Waals surface area (Å²) in [6.45, 7) is 4.56. The Balaban J connectivity index is 3.69. The number of benzene rings is 1. The van der Waals surface area contributed by atoms with Crippen LogP contribution in [0.4, 0.5) is 13.2 Å². The van der Waals surface area contributed by atoms with Gasteiger partial charge in [-0.15, -0.1) is 0 Å². The van der Waals surface area contributed by atoms with Gasteiger partial charge in [-0.25, -0.2) is 0 Å². The second-order valence-corrected chi connectivity index (χ2v) is 5.75. The summed E-state index contributed by atoms with van der Waals surface area (Å²) in [4.78, 5) is -0.739. The van der Waals surface area contributed by atoms with Gasteiger partial charge in [-0.3, -0.25) is 4.55 Å². The van der Waals surface area contributed by atoms with E-state index < -0.39 is 32.7 Å². The molecule has 18 heavy (non-hydrogen) atoms. The Morgan fingerprint density at radius 3 is 2.06 bits per heavy atom. The van der Waals surface area contributed by atoms with Crippen LogP contribution in [0.1, 0.15) is 36.5 Å². The highest BCUT2D eigenvalue weighted by Crippen LogP contribution is 2.38. The molecule has 0 bridgehead atoms. The van der Waals surface area contributed by atoms with E-state index in [1.807, 2.05) is 0 Å². The summed E-state index contributed by atoms with van der Waals surface area (Å²) in [6.07, 6.45) is -4.66. The van der Waals surface area contributed by atoms with Crippen LogP contribution in [-0.4, -0.2) is 13.0 Å². The van der Waals surface area contributed by atoms with Gasteiger partial charge in [-0.1, -0.05) is 13.8 Å². The standard InChI is InChI=1S/C11H13F3O3S/c1-6(2)10-7(3)4-8(18(15,16)17)5-9(10)11(12,13)14/h4-6H,1-3H3,(H,15,16,17). The molecular weight excluding hydrogens is 269 g/mol. The van der Waals surface area contributed by atoms with E-state index in [0.29, 0.717) is 6.07 Å². The number of alkyl halides is 3. The van der Waals surface area contributed by atoms with Crippen LogP contribution in [0.25, 0.3) is 0 Å². The molecule has 0 amide bonds. The van der Waals surface area contributed by atoms with Gasteiger partial charge in [0.1, 0.15) is 0 Å². The fourth-order valence-corrected chi connectivity index (χ4v) is 2.51. The highest BCUT2D eigenvalue weighted by Gasteiger charge is 2.36. The van der Waals surface area contributed by atoms with Crippen molar-refractivity contribution in [3.05, 3.63) is 28.8 Å². The van der Waals surface area contributed by atoms with Gasteiger partial charge in [-0.05, 0) is 36.1 Å². The first kappa shape index (κ1) is 15.0. The summed E-state index contributed by atoms with van der Waals surface area (Å²) in [5, 5.41) is 0. The third-order valence-corrected chi connectivity index (χ3v) is 3.37. The minimum absolute atomic E-state index is 0.0369. The van der Waals surface area contributed by atoms with Crippen molar-refractivity contribution in [1.82, 2.24) is 0 Å². The van der Waals surface area contributed by atoms with Crippen LogP contribution < -0.4 is 0 Å². The molecule has 0 aromatic heterocycles. The smallest absolute Gasteiger partial charge is 0.282 e. The first-order valence-corrected chi connectivity index (χ1v) is 6.58. The monoisotopic (exact) mass is 282 g/mol. The molecule has 0 atom stereocenters. The Hall–Kier alpha value is -1.08. The summed E-state index contributed by atoms with van der Waals surface area (Å²) >= 11 is 0. The lowest BCUT2D eigenvalue weighted by atomic mass is 9.92. The molecule has 0 aliphatic carbocycles. The molecule has 0 unspecified atom stereocenters.